The van der Waals surface area contributed by atoms with Crippen LogP contribution >= 0.6 is 11.8 Å². The van der Waals surface area contributed by atoms with Crippen LogP contribution in [-0.4, -0.2) is 23.1 Å². The van der Waals surface area contributed by atoms with E-state index in [2.05, 4.69) is 0 Å². The molecule has 0 saturated carbocycles. The second kappa shape index (κ2) is 4.96. The Hall–Kier alpha value is -0.310. The van der Waals surface area contributed by atoms with Gasteiger partial charge in [-0.15, -0.1) is 0 Å². The van der Waals surface area contributed by atoms with Crippen LogP contribution in [0.15, 0.2) is 0 Å². The Labute approximate surface area is 89.8 Å². The maximum absolute atomic E-state index is 11.5. The van der Waals surface area contributed by atoms with E-state index in [1.807, 2.05) is 13.8 Å². The van der Waals surface area contributed by atoms with Crippen LogP contribution in [0.4, 0.5) is 0 Å². The summed E-state index contributed by atoms with van der Waals surface area (Å²) < 4.78 is 0. The highest BCUT2D eigenvalue weighted by atomic mass is 32.2. The second-order valence-electron chi connectivity index (χ2n) is 4.34. The Morgan fingerprint density at radius 3 is 2.50 bits per heavy atom. The number of ketones is 2. The van der Waals surface area contributed by atoms with Gasteiger partial charge in [-0.25, -0.2) is 0 Å². The number of rotatable bonds is 4. The van der Waals surface area contributed by atoms with E-state index < -0.39 is 0 Å². The number of hydrogen-bond acceptors (Lipinski definition) is 3. The third kappa shape index (κ3) is 2.84. The van der Waals surface area contributed by atoms with E-state index in [1.165, 1.54) is 0 Å². The first-order chi connectivity index (χ1) is 6.52. The van der Waals surface area contributed by atoms with Gasteiger partial charge in [-0.05, 0) is 18.6 Å². The van der Waals surface area contributed by atoms with Crippen molar-refractivity contribution in [2.24, 2.45) is 17.8 Å². The van der Waals surface area contributed by atoms with Crippen molar-refractivity contribution >= 4 is 23.3 Å². The summed E-state index contributed by atoms with van der Waals surface area (Å²) in [5.41, 5.74) is 0. The molecule has 1 aliphatic heterocycles. The molecule has 0 aromatic heterocycles. The largest absolute Gasteiger partial charge is 0.300 e. The van der Waals surface area contributed by atoms with E-state index in [-0.39, 0.29) is 17.6 Å². The predicted octanol–water partition coefficient (Wildman–Crippen LogP) is 2.17. The first-order valence-electron chi connectivity index (χ1n) is 5.13. The molecule has 0 bridgehead atoms. The molecule has 1 aliphatic rings. The second-order valence-corrected chi connectivity index (χ2v) is 5.41. The van der Waals surface area contributed by atoms with Crippen LogP contribution in [0.5, 0.6) is 0 Å². The van der Waals surface area contributed by atoms with Crippen molar-refractivity contribution in [3.63, 3.8) is 0 Å². The molecule has 1 heterocycles. The topological polar surface area (TPSA) is 34.1 Å². The molecule has 2 atom stereocenters. The van der Waals surface area contributed by atoms with Crippen LogP contribution in [0.25, 0.3) is 0 Å². The van der Waals surface area contributed by atoms with Gasteiger partial charge in [0.25, 0.3) is 0 Å². The van der Waals surface area contributed by atoms with E-state index >= 15 is 0 Å². The Balaban J connectivity index is 2.51. The van der Waals surface area contributed by atoms with Gasteiger partial charge in [-0.2, -0.15) is 11.8 Å². The van der Waals surface area contributed by atoms with Crippen molar-refractivity contribution < 1.29 is 9.59 Å². The van der Waals surface area contributed by atoms with Crippen molar-refractivity contribution in [2.45, 2.75) is 27.2 Å². The summed E-state index contributed by atoms with van der Waals surface area (Å²) >= 11 is 1.80. The zero-order chi connectivity index (χ0) is 10.7. The third-order valence-corrected chi connectivity index (χ3v) is 4.09. The molecule has 0 aromatic carbocycles. The predicted molar refractivity (Wildman–Crippen MR) is 59.4 cm³/mol. The fourth-order valence-corrected chi connectivity index (χ4v) is 3.29. The molecule has 1 rings (SSSR count). The maximum atomic E-state index is 11.5. The summed E-state index contributed by atoms with van der Waals surface area (Å²) in [7, 11) is 0. The highest BCUT2D eigenvalue weighted by Gasteiger charge is 2.32. The van der Waals surface area contributed by atoms with Crippen molar-refractivity contribution in [3.05, 3.63) is 0 Å². The lowest BCUT2D eigenvalue weighted by Crippen LogP contribution is -2.24. The van der Waals surface area contributed by atoms with Crippen molar-refractivity contribution in [2.75, 3.05) is 11.5 Å². The van der Waals surface area contributed by atoms with Gasteiger partial charge in [0.2, 0.25) is 0 Å². The van der Waals surface area contributed by atoms with Crippen LogP contribution in [0.3, 0.4) is 0 Å². The zero-order valence-corrected chi connectivity index (χ0v) is 9.89. The number of carbonyl (C=O) groups excluding carboxylic acids is 2. The van der Waals surface area contributed by atoms with Crippen LogP contribution in [0.1, 0.15) is 27.2 Å². The first kappa shape index (κ1) is 11.8. The Morgan fingerprint density at radius 1 is 1.36 bits per heavy atom. The monoisotopic (exact) mass is 214 g/mol. The molecule has 1 fully saturated rings. The summed E-state index contributed by atoms with van der Waals surface area (Å²) in [5.74, 6) is 2.96. The average molecular weight is 214 g/mol. The third-order valence-electron chi connectivity index (χ3n) is 2.83. The summed E-state index contributed by atoms with van der Waals surface area (Å²) in [6.45, 7) is 5.49. The van der Waals surface area contributed by atoms with Gasteiger partial charge >= 0.3 is 0 Å². The number of carbonyl (C=O) groups is 2. The molecular formula is C11H18O2S. The van der Waals surface area contributed by atoms with E-state index in [1.54, 1.807) is 18.7 Å². The zero-order valence-electron chi connectivity index (χ0n) is 9.08. The van der Waals surface area contributed by atoms with Crippen LogP contribution in [-0.2, 0) is 9.59 Å². The average Bonchev–Trinajstić information content (AvgIpc) is 2.52. The summed E-state index contributed by atoms with van der Waals surface area (Å²) in [4.78, 5) is 22.8. The maximum Gasteiger partial charge on any atom is 0.135 e. The molecule has 2 unspecified atom stereocenters. The quantitative estimate of drug-likeness (QED) is 0.719. The van der Waals surface area contributed by atoms with E-state index in [0.29, 0.717) is 18.1 Å². The molecule has 0 radical (unpaired) electrons. The standard InChI is InChI=1S/C11H18O2S/c1-7(2)11(13)4-9-5-14-6-10(9)8(3)12/h7,9-10H,4-6H2,1-3H3. The van der Waals surface area contributed by atoms with Crippen LogP contribution in [0.2, 0.25) is 0 Å². The van der Waals surface area contributed by atoms with Gasteiger partial charge in [0.1, 0.15) is 11.6 Å². The van der Waals surface area contributed by atoms with Crippen molar-refractivity contribution in [3.8, 4) is 0 Å². The smallest absolute Gasteiger partial charge is 0.135 e. The summed E-state index contributed by atoms with van der Waals surface area (Å²) in [6.07, 6.45) is 0.592. The lowest BCUT2D eigenvalue weighted by atomic mass is 9.86. The molecule has 1 saturated heterocycles. The highest BCUT2D eigenvalue weighted by Crippen LogP contribution is 2.33. The fraction of sp³-hybridized carbons (Fsp3) is 0.818. The Bertz CT molecular complexity index is 235. The number of thioether (sulfide) groups is 1. The lowest BCUT2D eigenvalue weighted by molar-refractivity contribution is -0.124. The number of Topliss-reactive ketones (excluding diaryl/α,β-unsaturated/α-hetero) is 2. The molecular weight excluding hydrogens is 196 g/mol. The Kier molecular flexibility index (Phi) is 4.17. The molecule has 0 aliphatic carbocycles. The van der Waals surface area contributed by atoms with E-state index in [0.717, 1.165) is 11.5 Å². The lowest BCUT2D eigenvalue weighted by Gasteiger charge is -2.15. The molecule has 3 heteroatoms. The van der Waals surface area contributed by atoms with Crippen LogP contribution < -0.4 is 0 Å². The van der Waals surface area contributed by atoms with Crippen molar-refractivity contribution in [1.29, 1.82) is 0 Å². The number of hydrogen-bond donors (Lipinski definition) is 0. The molecule has 14 heavy (non-hydrogen) atoms. The molecule has 80 valence electrons. The summed E-state index contributed by atoms with van der Waals surface area (Å²) in [5, 5.41) is 0. The molecule has 0 N–H and O–H groups in total. The minimum atomic E-state index is 0.105. The van der Waals surface area contributed by atoms with E-state index in [4.69, 9.17) is 0 Å². The van der Waals surface area contributed by atoms with Crippen molar-refractivity contribution in [1.82, 2.24) is 0 Å². The van der Waals surface area contributed by atoms with Gasteiger partial charge < -0.3 is 0 Å². The van der Waals surface area contributed by atoms with Gasteiger partial charge in [0.15, 0.2) is 0 Å². The molecule has 0 spiro atoms. The van der Waals surface area contributed by atoms with Gasteiger partial charge in [0.05, 0.1) is 0 Å². The minimum Gasteiger partial charge on any atom is -0.300 e. The fourth-order valence-electron chi connectivity index (χ4n) is 1.74. The molecule has 2 nitrogen and oxygen atoms in total. The normalized spacial score (nSPS) is 26.9. The molecule has 0 aromatic rings. The van der Waals surface area contributed by atoms with Gasteiger partial charge in [0, 0.05) is 24.0 Å². The van der Waals surface area contributed by atoms with Gasteiger partial charge in [-0.3, -0.25) is 9.59 Å². The van der Waals surface area contributed by atoms with Gasteiger partial charge in [-0.1, -0.05) is 13.8 Å². The van der Waals surface area contributed by atoms with E-state index in [9.17, 15) is 9.59 Å². The first-order valence-corrected chi connectivity index (χ1v) is 6.28. The highest BCUT2D eigenvalue weighted by molar-refractivity contribution is 7.99. The SMILES string of the molecule is CC(=O)C1CSCC1CC(=O)C(C)C. The minimum absolute atomic E-state index is 0.105. The molecule has 0 amide bonds. The van der Waals surface area contributed by atoms with Crippen LogP contribution in [0, 0.1) is 17.8 Å². The summed E-state index contributed by atoms with van der Waals surface area (Å²) in [6, 6.07) is 0. The Morgan fingerprint density at radius 2 is 2.00 bits per heavy atom.